The average molecular weight is 298 g/mol. The fraction of sp³-hybridized carbons (Fsp3) is 0.800. The Morgan fingerprint density at radius 2 is 1.90 bits per heavy atom. The molecule has 2 atom stereocenters. The van der Waals surface area contributed by atoms with Crippen LogP contribution in [0.4, 0.5) is 0 Å². The molecule has 0 aromatic rings. The van der Waals surface area contributed by atoms with E-state index >= 15 is 0 Å². The second kappa shape index (κ2) is 6.91. The van der Waals surface area contributed by atoms with Gasteiger partial charge in [-0.2, -0.15) is 0 Å². The van der Waals surface area contributed by atoms with Crippen molar-refractivity contribution in [2.75, 3.05) is 6.54 Å². The first kappa shape index (κ1) is 17.5. The number of carboxylic acid groups (broad SMARTS) is 1. The quantitative estimate of drug-likeness (QED) is 0.821. The number of likely N-dealkylation sites (tertiary alicyclic amines) is 1. The summed E-state index contributed by atoms with van der Waals surface area (Å²) < 4.78 is 0. The lowest BCUT2D eigenvalue weighted by Gasteiger charge is -2.35. The first-order valence-corrected chi connectivity index (χ1v) is 7.44. The van der Waals surface area contributed by atoms with Crippen LogP contribution in [0.2, 0.25) is 0 Å². The number of nitrogens with one attached hydrogen (secondary N) is 1. The lowest BCUT2D eigenvalue weighted by atomic mass is 9.92. The van der Waals surface area contributed by atoms with Crippen LogP contribution in [0.15, 0.2) is 0 Å². The predicted molar refractivity (Wildman–Crippen MR) is 78.7 cm³/mol. The maximum absolute atomic E-state index is 12.4. The molecule has 0 bridgehead atoms. The zero-order valence-corrected chi connectivity index (χ0v) is 13.3. The fourth-order valence-corrected chi connectivity index (χ4v) is 2.54. The van der Waals surface area contributed by atoms with E-state index in [4.69, 9.17) is 0 Å². The Labute approximate surface area is 125 Å². The third-order valence-corrected chi connectivity index (χ3v) is 3.51. The maximum atomic E-state index is 12.4. The molecule has 1 heterocycles. The zero-order chi connectivity index (χ0) is 16.2. The van der Waals surface area contributed by atoms with Crippen molar-refractivity contribution >= 4 is 17.8 Å². The van der Waals surface area contributed by atoms with E-state index in [1.54, 1.807) is 6.92 Å². The normalized spacial score (nSPS) is 20.8. The fourth-order valence-electron chi connectivity index (χ4n) is 2.54. The average Bonchev–Trinajstić information content (AvgIpc) is 2.35. The highest BCUT2D eigenvalue weighted by molar-refractivity contribution is 5.90. The Morgan fingerprint density at radius 1 is 1.29 bits per heavy atom. The summed E-state index contributed by atoms with van der Waals surface area (Å²) in [6.45, 7) is 7.89. The molecule has 1 rings (SSSR count). The van der Waals surface area contributed by atoms with Crippen molar-refractivity contribution in [2.45, 2.75) is 65.5 Å². The summed E-state index contributed by atoms with van der Waals surface area (Å²) in [5, 5.41) is 11.9. The van der Waals surface area contributed by atoms with Crippen LogP contribution < -0.4 is 5.32 Å². The van der Waals surface area contributed by atoms with Crippen LogP contribution in [0.1, 0.15) is 53.4 Å². The van der Waals surface area contributed by atoms with Crippen molar-refractivity contribution in [3.05, 3.63) is 0 Å². The molecule has 1 aliphatic rings. The molecule has 1 fully saturated rings. The molecule has 2 amide bonds. The topological polar surface area (TPSA) is 86.7 Å². The first-order valence-electron chi connectivity index (χ1n) is 7.44. The van der Waals surface area contributed by atoms with E-state index in [0.717, 1.165) is 12.8 Å². The largest absolute Gasteiger partial charge is 0.480 e. The molecule has 1 aliphatic heterocycles. The number of nitrogens with zero attached hydrogens (tertiary/aromatic N) is 1. The van der Waals surface area contributed by atoms with Crippen molar-refractivity contribution in [3.8, 4) is 0 Å². The number of rotatable bonds is 4. The summed E-state index contributed by atoms with van der Waals surface area (Å²) in [5.41, 5.74) is -0.151. The number of amides is 2. The Bertz CT molecular complexity index is 414. The van der Waals surface area contributed by atoms with Gasteiger partial charge in [0.25, 0.3) is 0 Å². The Balaban J connectivity index is 2.64. The van der Waals surface area contributed by atoms with Gasteiger partial charge in [-0.25, -0.2) is 4.79 Å². The molecule has 2 N–H and O–H groups in total. The Kier molecular flexibility index (Phi) is 5.75. The van der Waals surface area contributed by atoms with Crippen molar-refractivity contribution in [3.63, 3.8) is 0 Å². The molecular weight excluding hydrogens is 272 g/mol. The number of carbonyl (C=O) groups is 3. The van der Waals surface area contributed by atoms with Crippen molar-refractivity contribution in [2.24, 2.45) is 5.41 Å². The minimum absolute atomic E-state index is 0.151. The van der Waals surface area contributed by atoms with Gasteiger partial charge in [-0.3, -0.25) is 9.59 Å². The smallest absolute Gasteiger partial charge is 0.326 e. The van der Waals surface area contributed by atoms with E-state index in [-0.39, 0.29) is 17.2 Å². The summed E-state index contributed by atoms with van der Waals surface area (Å²) >= 11 is 0. The molecule has 0 aliphatic carbocycles. The van der Waals surface area contributed by atoms with Gasteiger partial charge in [-0.15, -0.1) is 0 Å². The van der Waals surface area contributed by atoms with Gasteiger partial charge in [0.1, 0.15) is 12.1 Å². The van der Waals surface area contributed by atoms with Crippen LogP contribution in [0, 0.1) is 5.41 Å². The van der Waals surface area contributed by atoms with E-state index in [9.17, 15) is 19.5 Å². The van der Waals surface area contributed by atoms with Gasteiger partial charge in [-0.05, 0) is 31.6 Å². The van der Waals surface area contributed by atoms with Gasteiger partial charge < -0.3 is 15.3 Å². The second-order valence-corrected chi connectivity index (χ2v) is 6.91. The third-order valence-electron chi connectivity index (χ3n) is 3.51. The number of hydrogen-bond donors (Lipinski definition) is 2. The highest BCUT2D eigenvalue weighted by Crippen LogP contribution is 2.20. The molecule has 21 heavy (non-hydrogen) atoms. The van der Waals surface area contributed by atoms with E-state index in [1.807, 2.05) is 20.8 Å². The lowest BCUT2D eigenvalue weighted by molar-refractivity contribution is -0.153. The number of aliphatic carboxylic acids is 1. The summed E-state index contributed by atoms with van der Waals surface area (Å²) in [5.74, 6) is -1.48. The number of carbonyl (C=O) groups excluding carboxylic acids is 2. The third kappa shape index (κ3) is 5.36. The minimum Gasteiger partial charge on any atom is -0.480 e. The minimum atomic E-state index is -0.976. The van der Waals surface area contributed by atoms with Gasteiger partial charge in [-0.1, -0.05) is 20.8 Å². The number of hydrogen-bond acceptors (Lipinski definition) is 3. The van der Waals surface area contributed by atoms with Crippen molar-refractivity contribution < 1.29 is 19.5 Å². The standard InChI is InChI=1S/C15H26N2O4/c1-10(16-12(18)9-15(2,3)4)13(19)17-8-6-5-7-11(17)14(20)21/h10-11H,5-9H2,1-4H3,(H,16,18)(H,20,21). The summed E-state index contributed by atoms with van der Waals surface area (Å²) in [7, 11) is 0. The second-order valence-electron chi connectivity index (χ2n) is 6.91. The molecular formula is C15H26N2O4. The van der Waals surface area contributed by atoms with E-state index in [0.29, 0.717) is 19.4 Å². The van der Waals surface area contributed by atoms with Gasteiger partial charge >= 0.3 is 5.97 Å². The van der Waals surface area contributed by atoms with Gasteiger partial charge in [0.2, 0.25) is 11.8 Å². The van der Waals surface area contributed by atoms with Crippen LogP contribution in [-0.2, 0) is 14.4 Å². The van der Waals surface area contributed by atoms with Crippen LogP contribution in [0.5, 0.6) is 0 Å². The highest BCUT2D eigenvalue weighted by atomic mass is 16.4. The SMILES string of the molecule is CC(NC(=O)CC(C)(C)C)C(=O)N1CCCCC1C(=O)O. The lowest BCUT2D eigenvalue weighted by Crippen LogP contribution is -2.54. The number of piperidine rings is 1. The molecule has 120 valence electrons. The molecule has 0 aromatic carbocycles. The van der Waals surface area contributed by atoms with E-state index < -0.39 is 18.1 Å². The summed E-state index contributed by atoms with van der Waals surface area (Å²) in [6, 6.07) is -1.46. The molecule has 1 saturated heterocycles. The molecule has 6 heteroatoms. The highest BCUT2D eigenvalue weighted by Gasteiger charge is 2.34. The van der Waals surface area contributed by atoms with Crippen molar-refractivity contribution in [1.82, 2.24) is 10.2 Å². The Morgan fingerprint density at radius 3 is 2.43 bits per heavy atom. The zero-order valence-electron chi connectivity index (χ0n) is 13.3. The summed E-state index contributed by atoms with van der Waals surface area (Å²) in [6.07, 6.45) is 2.42. The number of carboxylic acids is 1. The monoisotopic (exact) mass is 298 g/mol. The molecule has 0 aromatic heterocycles. The van der Waals surface area contributed by atoms with E-state index in [1.165, 1.54) is 4.90 Å². The van der Waals surface area contributed by atoms with Gasteiger partial charge in [0.05, 0.1) is 0 Å². The van der Waals surface area contributed by atoms with Crippen molar-refractivity contribution in [1.29, 1.82) is 0 Å². The van der Waals surface area contributed by atoms with E-state index in [2.05, 4.69) is 5.32 Å². The predicted octanol–water partition coefficient (Wildman–Crippen LogP) is 1.39. The van der Waals surface area contributed by atoms with Gasteiger partial charge in [0.15, 0.2) is 0 Å². The summed E-state index contributed by atoms with van der Waals surface area (Å²) in [4.78, 5) is 36.8. The molecule has 6 nitrogen and oxygen atoms in total. The van der Waals surface area contributed by atoms with Crippen LogP contribution >= 0.6 is 0 Å². The molecule has 0 radical (unpaired) electrons. The molecule has 0 saturated carbocycles. The van der Waals surface area contributed by atoms with Gasteiger partial charge in [0, 0.05) is 13.0 Å². The first-order chi connectivity index (χ1) is 9.61. The van der Waals surface area contributed by atoms with Crippen LogP contribution in [0.25, 0.3) is 0 Å². The Hall–Kier alpha value is -1.59. The maximum Gasteiger partial charge on any atom is 0.326 e. The van der Waals surface area contributed by atoms with Crippen LogP contribution in [-0.4, -0.2) is 46.4 Å². The van der Waals surface area contributed by atoms with Crippen LogP contribution in [0.3, 0.4) is 0 Å². The molecule has 2 unspecified atom stereocenters. The molecule has 0 spiro atoms.